The zero-order valence-corrected chi connectivity index (χ0v) is 38.5. The Morgan fingerprint density at radius 2 is 0.942 bits per heavy atom. The predicted octanol–water partition coefficient (Wildman–Crippen LogP) is 12.7. The Kier molecular flexibility index (Phi) is 13.0. The van der Waals surface area contributed by atoms with Crippen LogP contribution in [0.4, 0.5) is 0 Å². The van der Waals surface area contributed by atoms with E-state index in [1.165, 1.54) is 22.3 Å². The largest absolute Gasteiger partial charge is 0.410 e. The van der Waals surface area contributed by atoms with Crippen molar-refractivity contribution in [3.05, 3.63) is 46.6 Å². The fraction of sp³-hybridized carbons (Fsp3) is 0.826. The third-order valence-electron chi connectivity index (χ3n) is 13.7. The highest BCUT2D eigenvalue weighted by molar-refractivity contribution is 6.70. The summed E-state index contributed by atoms with van der Waals surface area (Å²) in [5.74, 6) is 4.24. The fourth-order valence-corrected chi connectivity index (χ4v) is 15.0. The lowest BCUT2D eigenvalue weighted by Crippen LogP contribution is -2.53. The van der Waals surface area contributed by atoms with Gasteiger partial charge in [-0.15, -0.1) is 0 Å². The van der Waals surface area contributed by atoms with Crippen LogP contribution in [0.2, 0.25) is 39.3 Å². The highest BCUT2D eigenvalue weighted by Gasteiger charge is 2.58. The third-order valence-corrected chi connectivity index (χ3v) is 15.9. The van der Waals surface area contributed by atoms with Crippen molar-refractivity contribution in [3.8, 4) is 0 Å². The first kappa shape index (κ1) is 42.4. The maximum atomic E-state index is 7.47. The summed E-state index contributed by atoms with van der Waals surface area (Å²) in [6.45, 7) is 38.2. The lowest BCUT2D eigenvalue weighted by molar-refractivity contribution is -0.107. The summed E-state index contributed by atoms with van der Waals surface area (Å²) in [7, 11) is -3.79. The minimum atomic E-state index is -1.89. The molecule has 3 heterocycles. The SMILES string of the molecule is CC1=CCC[C@@](C)(O[Si](C)(C)C)[C@@H]2O[C@H](C/C(C)=C/CC[C@@](C)(O[Si](C)(C)C)[C@@H]3O[C@H](C1)[C@H]1C(C)=CC[C@H](C(C)C)[C@H]13)[C@H]1C(C)=CC[C@H](C(C)C)[C@H]12. The molecule has 0 unspecified atom stereocenters. The predicted molar refractivity (Wildman–Crippen MR) is 226 cm³/mol. The molecule has 6 heteroatoms. The molecule has 0 spiro atoms. The van der Waals surface area contributed by atoms with E-state index < -0.39 is 16.6 Å². The number of hydrogen-bond acceptors (Lipinski definition) is 4. The molecule has 52 heavy (non-hydrogen) atoms. The molecule has 3 aliphatic heterocycles. The van der Waals surface area contributed by atoms with Crippen LogP contribution in [0.1, 0.15) is 121 Å². The summed E-state index contributed by atoms with van der Waals surface area (Å²) < 4.78 is 29.6. The normalized spacial score (nSPS) is 42.0. The van der Waals surface area contributed by atoms with Crippen molar-refractivity contribution in [2.24, 2.45) is 47.3 Å². The molecule has 0 aromatic rings. The van der Waals surface area contributed by atoms with Gasteiger partial charge in [-0.1, -0.05) is 74.3 Å². The van der Waals surface area contributed by atoms with Crippen molar-refractivity contribution >= 4 is 16.6 Å². The molecule has 296 valence electrons. The first-order valence-electron chi connectivity index (χ1n) is 21.4. The molecule has 4 bridgehead atoms. The van der Waals surface area contributed by atoms with Crippen molar-refractivity contribution in [1.29, 1.82) is 0 Å². The molecule has 0 radical (unpaired) electrons. The number of allylic oxidation sites excluding steroid dienone is 4. The van der Waals surface area contributed by atoms with Crippen LogP contribution < -0.4 is 0 Å². The van der Waals surface area contributed by atoms with Gasteiger partial charge in [0.1, 0.15) is 0 Å². The molecular formula is C46H80O4Si2. The lowest BCUT2D eigenvalue weighted by Gasteiger charge is -2.46. The van der Waals surface area contributed by atoms with Gasteiger partial charge in [-0.05, 0) is 156 Å². The molecule has 0 aromatic carbocycles. The molecule has 4 nitrogen and oxygen atoms in total. The van der Waals surface area contributed by atoms with Gasteiger partial charge in [0, 0.05) is 23.7 Å². The summed E-state index contributed by atoms with van der Waals surface area (Å²) >= 11 is 0. The van der Waals surface area contributed by atoms with Gasteiger partial charge in [0.2, 0.25) is 0 Å². The van der Waals surface area contributed by atoms with Gasteiger partial charge < -0.3 is 18.3 Å². The average Bonchev–Trinajstić information content (AvgIpc) is 3.56. The van der Waals surface area contributed by atoms with Crippen molar-refractivity contribution in [2.45, 2.75) is 196 Å². The van der Waals surface area contributed by atoms with E-state index in [0.717, 1.165) is 51.4 Å². The zero-order valence-electron chi connectivity index (χ0n) is 36.5. The van der Waals surface area contributed by atoms with E-state index in [9.17, 15) is 0 Å². The van der Waals surface area contributed by atoms with Crippen molar-refractivity contribution in [2.75, 3.05) is 0 Å². The molecule has 2 aliphatic carbocycles. The van der Waals surface area contributed by atoms with Gasteiger partial charge in [0.25, 0.3) is 0 Å². The van der Waals surface area contributed by atoms with Gasteiger partial charge in [-0.25, -0.2) is 0 Å². The first-order chi connectivity index (χ1) is 24.0. The summed E-state index contributed by atoms with van der Waals surface area (Å²) in [6, 6.07) is 0. The second kappa shape index (κ2) is 16.0. The third kappa shape index (κ3) is 9.26. The number of hydrogen-bond donors (Lipinski definition) is 0. The highest BCUT2D eigenvalue weighted by atomic mass is 28.4. The summed E-state index contributed by atoms with van der Waals surface area (Å²) in [6.07, 6.45) is 18.9. The van der Waals surface area contributed by atoms with Crippen LogP contribution in [0.25, 0.3) is 0 Å². The number of fused-ring (bicyclic) bond motifs is 10. The molecule has 2 saturated heterocycles. The highest BCUT2D eigenvalue weighted by Crippen LogP contribution is 2.56. The summed E-state index contributed by atoms with van der Waals surface area (Å²) in [4.78, 5) is 0. The van der Waals surface area contributed by atoms with Crippen molar-refractivity contribution < 1.29 is 18.3 Å². The minimum absolute atomic E-state index is 0.0850. The minimum Gasteiger partial charge on any atom is -0.410 e. The van der Waals surface area contributed by atoms with E-state index >= 15 is 0 Å². The quantitative estimate of drug-likeness (QED) is 0.200. The summed E-state index contributed by atoms with van der Waals surface area (Å²) in [5.41, 5.74) is 5.30. The Bertz CT molecular complexity index is 1280. The Hall–Kier alpha value is -0.766. The smallest absolute Gasteiger partial charge is 0.184 e. The van der Waals surface area contributed by atoms with Crippen LogP contribution in [0.15, 0.2) is 46.6 Å². The van der Waals surface area contributed by atoms with Crippen LogP contribution in [-0.4, -0.2) is 52.3 Å². The van der Waals surface area contributed by atoms with Crippen LogP contribution >= 0.6 is 0 Å². The number of ether oxygens (including phenoxy) is 2. The van der Waals surface area contributed by atoms with E-state index in [4.69, 9.17) is 18.3 Å². The lowest BCUT2D eigenvalue weighted by atomic mass is 9.63. The second-order valence-corrected chi connectivity index (χ2v) is 30.1. The monoisotopic (exact) mass is 753 g/mol. The molecule has 5 aliphatic rings. The topological polar surface area (TPSA) is 36.9 Å². The van der Waals surface area contributed by atoms with Crippen molar-refractivity contribution in [1.82, 2.24) is 0 Å². The van der Waals surface area contributed by atoms with Gasteiger partial charge >= 0.3 is 0 Å². The summed E-state index contributed by atoms with van der Waals surface area (Å²) in [5, 5.41) is 0. The van der Waals surface area contributed by atoms with Crippen LogP contribution in [0, 0.1) is 47.3 Å². The second-order valence-electron chi connectivity index (χ2n) is 21.2. The zero-order chi connectivity index (χ0) is 38.6. The van der Waals surface area contributed by atoms with Gasteiger partial charge in [-0.3, -0.25) is 0 Å². The molecule has 2 fully saturated rings. The van der Waals surface area contributed by atoms with Crippen LogP contribution in [0.5, 0.6) is 0 Å². The Balaban J connectivity index is 1.60. The van der Waals surface area contributed by atoms with Crippen molar-refractivity contribution in [3.63, 3.8) is 0 Å². The van der Waals surface area contributed by atoms with Gasteiger partial charge in [0.15, 0.2) is 16.6 Å². The van der Waals surface area contributed by atoms with Crippen LogP contribution in [-0.2, 0) is 18.3 Å². The van der Waals surface area contributed by atoms with E-state index in [2.05, 4.69) is 133 Å². The molecule has 0 N–H and O–H groups in total. The van der Waals surface area contributed by atoms with Gasteiger partial charge in [0.05, 0.1) is 35.6 Å². The molecule has 0 aromatic heterocycles. The van der Waals surface area contributed by atoms with Gasteiger partial charge in [-0.2, -0.15) is 0 Å². The van der Waals surface area contributed by atoms with Crippen LogP contribution in [0.3, 0.4) is 0 Å². The molecule has 12 atom stereocenters. The van der Waals surface area contributed by atoms with E-state index in [1.54, 1.807) is 0 Å². The molecule has 0 saturated carbocycles. The molecule has 5 rings (SSSR count). The Labute approximate surface area is 323 Å². The van der Waals surface area contributed by atoms with E-state index in [-0.39, 0.29) is 35.6 Å². The standard InChI is InChI=1S/C46H80O4Si2/c1-29(2)35-23-21-33(7)39-37-27-31(5)20-18-26-46(10,50-52(14,15)16)44-42-36(30(3)4)24-22-34(8)40(42)38(48-44)28-32(6)19-17-25-45(9,49-51(11,12)13)43(47-37)41(35)39/h19-22,29-30,35-44H,17-18,23-28H2,1-16H3/b31-20+,32-19?/t35-,36-,37-,38-,39-,40-,41-,42-,43-,44-,45-,46-/m1/s1. The molecule has 0 amide bonds. The Morgan fingerprint density at radius 1 is 0.596 bits per heavy atom. The van der Waals surface area contributed by atoms with E-state index in [1.807, 2.05) is 0 Å². The maximum absolute atomic E-state index is 7.47. The average molecular weight is 753 g/mol. The number of rotatable bonds is 6. The Morgan fingerprint density at radius 3 is 1.25 bits per heavy atom. The van der Waals surface area contributed by atoms with E-state index in [0.29, 0.717) is 47.3 Å². The molecular weight excluding hydrogens is 673 g/mol. The maximum Gasteiger partial charge on any atom is 0.184 e. The fourth-order valence-electron chi connectivity index (χ4n) is 11.8. The first-order valence-corrected chi connectivity index (χ1v) is 28.2.